The molecule has 0 spiro atoms. The lowest BCUT2D eigenvalue weighted by Crippen LogP contribution is -2.54. The fourth-order valence-corrected chi connectivity index (χ4v) is 6.23. The van der Waals surface area contributed by atoms with E-state index in [-0.39, 0.29) is 17.2 Å². The van der Waals surface area contributed by atoms with Crippen molar-refractivity contribution in [3.05, 3.63) is 70.1 Å². The highest BCUT2D eigenvalue weighted by Crippen LogP contribution is 2.57. The van der Waals surface area contributed by atoms with Crippen LogP contribution in [0.3, 0.4) is 0 Å². The molecule has 0 fully saturated rings. The first-order valence-corrected chi connectivity index (χ1v) is 11.2. The van der Waals surface area contributed by atoms with Crippen molar-refractivity contribution in [3.8, 4) is 0 Å². The van der Waals surface area contributed by atoms with Gasteiger partial charge in [-0.15, -0.1) is 0 Å². The van der Waals surface area contributed by atoms with Crippen LogP contribution in [0.5, 0.6) is 0 Å². The van der Waals surface area contributed by atoms with E-state index in [0.717, 1.165) is 23.2 Å². The van der Waals surface area contributed by atoms with Crippen molar-refractivity contribution >= 4 is 40.0 Å². The van der Waals surface area contributed by atoms with E-state index in [1.54, 1.807) is 4.90 Å². The molecule has 1 unspecified atom stereocenters. The minimum Gasteiger partial charge on any atom is -0.357 e. The number of hydrogen-bond acceptors (Lipinski definition) is 4. The van der Waals surface area contributed by atoms with Gasteiger partial charge in [-0.1, -0.05) is 55.5 Å². The minimum absolute atomic E-state index is 0.103. The number of carbonyl (C=O) groups is 2. The summed E-state index contributed by atoms with van der Waals surface area (Å²) in [6.45, 7) is 6.49. The molecule has 0 radical (unpaired) electrons. The van der Waals surface area contributed by atoms with Crippen LogP contribution in [0.2, 0.25) is 0 Å². The van der Waals surface area contributed by atoms with E-state index in [2.05, 4.69) is 56.1 Å². The van der Waals surface area contributed by atoms with Crippen LogP contribution in [0, 0.1) is 0 Å². The Morgan fingerprint density at radius 2 is 1.71 bits per heavy atom. The summed E-state index contributed by atoms with van der Waals surface area (Å²) >= 11 is 1.29. The monoisotopic (exact) mass is 431 g/mol. The Labute approximate surface area is 186 Å². The molecule has 5 nitrogen and oxygen atoms in total. The number of nitrogens with zero attached hydrogens (tertiary/aromatic N) is 3. The second-order valence-corrected chi connectivity index (χ2v) is 10.4. The molecule has 0 bridgehead atoms. The van der Waals surface area contributed by atoms with Gasteiger partial charge in [0.25, 0.3) is 11.8 Å². The first kappa shape index (κ1) is 20.1. The zero-order valence-corrected chi connectivity index (χ0v) is 19.2. The van der Waals surface area contributed by atoms with Crippen LogP contribution >= 0.6 is 11.8 Å². The molecule has 3 aliphatic rings. The summed E-state index contributed by atoms with van der Waals surface area (Å²) in [4.78, 5) is 34.9. The maximum absolute atomic E-state index is 13.8. The Hall–Kier alpha value is -2.86. The predicted molar refractivity (Wildman–Crippen MR) is 126 cm³/mol. The Morgan fingerprint density at radius 1 is 1.00 bits per heavy atom. The average molecular weight is 432 g/mol. The van der Waals surface area contributed by atoms with Gasteiger partial charge in [0.1, 0.15) is 0 Å². The number of amides is 2. The van der Waals surface area contributed by atoms with Crippen molar-refractivity contribution < 1.29 is 9.59 Å². The molecule has 0 saturated heterocycles. The first-order chi connectivity index (χ1) is 14.6. The second kappa shape index (κ2) is 6.57. The van der Waals surface area contributed by atoms with E-state index in [1.807, 2.05) is 37.2 Å². The van der Waals surface area contributed by atoms with E-state index < -0.39 is 5.54 Å². The number of carbonyl (C=O) groups excluding carboxylic acids is 2. The highest BCUT2D eigenvalue weighted by atomic mass is 32.2. The van der Waals surface area contributed by atoms with Crippen molar-refractivity contribution in [1.29, 1.82) is 0 Å². The molecule has 31 heavy (non-hydrogen) atoms. The van der Waals surface area contributed by atoms with E-state index in [4.69, 9.17) is 0 Å². The third-order valence-electron chi connectivity index (χ3n) is 6.54. The van der Waals surface area contributed by atoms with Gasteiger partial charge in [-0.25, -0.2) is 0 Å². The van der Waals surface area contributed by atoms with Crippen LogP contribution in [0.15, 0.2) is 58.4 Å². The topological polar surface area (TPSA) is 53.0 Å². The van der Waals surface area contributed by atoms with Gasteiger partial charge >= 0.3 is 0 Å². The van der Waals surface area contributed by atoms with Crippen molar-refractivity contribution in [3.63, 3.8) is 0 Å². The summed E-state index contributed by atoms with van der Waals surface area (Å²) in [5.74, 6) is -0.438. The molecule has 3 heterocycles. The van der Waals surface area contributed by atoms with Gasteiger partial charge in [0.05, 0.1) is 16.2 Å². The highest BCUT2D eigenvalue weighted by molar-refractivity contribution is 8.18. The number of anilines is 1. The largest absolute Gasteiger partial charge is 0.357 e. The van der Waals surface area contributed by atoms with Gasteiger partial charge in [0.2, 0.25) is 0 Å². The number of benzene rings is 2. The van der Waals surface area contributed by atoms with Crippen LogP contribution in [0.25, 0.3) is 5.57 Å². The van der Waals surface area contributed by atoms with Crippen LogP contribution in [-0.2, 0) is 15.0 Å². The molecule has 2 amide bonds. The van der Waals surface area contributed by atoms with Gasteiger partial charge in [0, 0.05) is 30.6 Å². The van der Waals surface area contributed by atoms with Gasteiger partial charge < -0.3 is 9.80 Å². The molecule has 0 saturated carbocycles. The maximum Gasteiger partial charge on any atom is 0.287 e. The Balaban J connectivity index is 1.76. The van der Waals surface area contributed by atoms with Crippen LogP contribution in [-0.4, -0.2) is 41.5 Å². The summed E-state index contributed by atoms with van der Waals surface area (Å²) in [5, 5.41) is 0.611. The molecule has 1 atom stereocenters. The third kappa shape index (κ3) is 2.74. The number of para-hydroxylation sites is 1. The van der Waals surface area contributed by atoms with E-state index in [9.17, 15) is 9.59 Å². The molecule has 0 aliphatic carbocycles. The maximum atomic E-state index is 13.8. The predicted octanol–water partition coefficient (Wildman–Crippen LogP) is 4.42. The number of amidine groups is 1. The number of aliphatic imine (C=N–C) groups is 1. The minimum atomic E-state index is -0.412. The van der Waals surface area contributed by atoms with Crippen molar-refractivity contribution in [2.75, 3.05) is 19.0 Å². The van der Waals surface area contributed by atoms with Gasteiger partial charge in [-0.2, -0.15) is 4.99 Å². The van der Waals surface area contributed by atoms with Crippen LogP contribution < -0.4 is 4.90 Å². The molecule has 158 valence electrons. The van der Waals surface area contributed by atoms with Crippen molar-refractivity contribution in [1.82, 2.24) is 4.90 Å². The lowest BCUT2D eigenvalue weighted by Gasteiger charge is -2.49. The highest BCUT2D eigenvalue weighted by Gasteiger charge is 2.53. The molecule has 2 aromatic carbocycles. The number of rotatable bonds is 1. The summed E-state index contributed by atoms with van der Waals surface area (Å²) in [7, 11) is 3.70. The zero-order valence-electron chi connectivity index (χ0n) is 18.4. The summed E-state index contributed by atoms with van der Waals surface area (Å²) in [6, 6.07) is 16.6. The summed E-state index contributed by atoms with van der Waals surface area (Å²) < 4.78 is 0. The molecule has 6 heteroatoms. The smallest absolute Gasteiger partial charge is 0.287 e. The Kier molecular flexibility index (Phi) is 4.25. The standard InChI is InChI=1S/C25H25N3O2S/c1-24(2)14-25(3,15-10-7-6-8-11-15)17-13-9-12-16-18(22(30)28(24)19(16)17)20-21(29)26-23(31-20)27(4)5/h6-13H,14H2,1-5H3. The quantitative estimate of drug-likeness (QED) is 0.627. The molecule has 5 rings (SSSR count). The molecular weight excluding hydrogens is 406 g/mol. The van der Waals surface area contributed by atoms with E-state index in [1.165, 1.54) is 17.3 Å². The van der Waals surface area contributed by atoms with Crippen molar-refractivity contribution in [2.24, 2.45) is 4.99 Å². The van der Waals surface area contributed by atoms with Crippen LogP contribution in [0.4, 0.5) is 5.69 Å². The SMILES string of the molecule is CN(C)C1=NC(=O)C(=C2C(=O)N3c4c2cccc4C(C)(c2ccccc2)CC3(C)C)S1. The van der Waals surface area contributed by atoms with E-state index >= 15 is 0 Å². The molecule has 0 aromatic heterocycles. The fraction of sp³-hybridized carbons (Fsp3) is 0.320. The average Bonchev–Trinajstić information content (AvgIpc) is 3.24. The normalized spacial score (nSPS) is 26.2. The van der Waals surface area contributed by atoms with Gasteiger partial charge in [-0.3, -0.25) is 9.59 Å². The molecule has 3 aliphatic heterocycles. The molecular formula is C25H25N3O2S. The van der Waals surface area contributed by atoms with Crippen molar-refractivity contribution in [2.45, 2.75) is 38.1 Å². The molecule has 0 N–H and O–H groups in total. The lowest BCUT2D eigenvalue weighted by molar-refractivity contribution is -0.115. The first-order valence-electron chi connectivity index (χ1n) is 10.4. The van der Waals surface area contributed by atoms with Gasteiger partial charge in [-0.05, 0) is 43.2 Å². The Morgan fingerprint density at radius 3 is 2.35 bits per heavy atom. The lowest BCUT2D eigenvalue weighted by atomic mass is 9.65. The number of thioether (sulfide) groups is 1. The number of hydrogen-bond donors (Lipinski definition) is 0. The molecule has 2 aromatic rings. The zero-order chi connectivity index (χ0) is 22.1. The summed E-state index contributed by atoms with van der Waals surface area (Å²) in [6.07, 6.45) is 0.787. The van der Waals surface area contributed by atoms with E-state index in [0.29, 0.717) is 15.6 Å². The third-order valence-corrected chi connectivity index (χ3v) is 7.76. The van der Waals surface area contributed by atoms with Crippen LogP contribution in [0.1, 0.15) is 43.9 Å². The summed E-state index contributed by atoms with van der Waals surface area (Å²) in [5.41, 5.74) is 3.96. The van der Waals surface area contributed by atoms with Gasteiger partial charge in [0.15, 0.2) is 5.17 Å². The fourth-order valence-electron chi connectivity index (χ4n) is 5.30. The Bertz CT molecular complexity index is 1200. The second-order valence-electron chi connectivity index (χ2n) is 9.43.